The molecule has 2 aromatic carbocycles. The fraction of sp³-hybridized carbons (Fsp3) is 0.286. The van der Waals surface area contributed by atoms with Gasteiger partial charge in [-0.25, -0.2) is 4.79 Å². The third-order valence-electron chi connectivity index (χ3n) is 5.16. The largest absolute Gasteiger partial charge is 0.497 e. The molecule has 0 bridgehead atoms. The molecule has 0 fully saturated rings. The Morgan fingerprint density at radius 1 is 1.15 bits per heavy atom. The van der Waals surface area contributed by atoms with Crippen molar-refractivity contribution in [2.45, 2.75) is 18.9 Å². The van der Waals surface area contributed by atoms with Crippen LogP contribution in [0.25, 0.3) is 0 Å². The van der Waals surface area contributed by atoms with Crippen LogP contribution in [0, 0.1) is 6.92 Å². The van der Waals surface area contributed by atoms with Gasteiger partial charge in [-0.15, -0.1) is 6.58 Å². The van der Waals surface area contributed by atoms with E-state index in [1.165, 1.54) is 0 Å². The maximum absolute atomic E-state index is 12.3. The van der Waals surface area contributed by atoms with E-state index in [-0.39, 0.29) is 0 Å². The average Bonchev–Trinajstić information content (AvgIpc) is 2.66. The number of urea groups is 1. The van der Waals surface area contributed by atoms with Gasteiger partial charge in [0, 0.05) is 6.54 Å². The van der Waals surface area contributed by atoms with Crippen molar-refractivity contribution in [3.8, 4) is 11.5 Å². The Morgan fingerprint density at radius 2 is 1.81 bits per heavy atom. The number of benzene rings is 2. The molecule has 5 heteroatoms. The minimum atomic E-state index is -0.857. The predicted molar refractivity (Wildman–Crippen MR) is 102 cm³/mol. The van der Waals surface area contributed by atoms with Crippen LogP contribution in [0.5, 0.6) is 11.5 Å². The van der Waals surface area contributed by atoms with E-state index >= 15 is 0 Å². The van der Waals surface area contributed by atoms with Crippen LogP contribution in [0.3, 0.4) is 0 Å². The SMILES string of the molecule is C=CC1(c2ccc(OC)cc2C)c2cc(OC)ccc2CCN1C(N)=O. The number of ether oxygens (including phenoxy) is 2. The number of nitrogens with zero attached hydrogens (tertiary/aromatic N) is 1. The molecule has 26 heavy (non-hydrogen) atoms. The molecule has 1 aliphatic heterocycles. The summed E-state index contributed by atoms with van der Waals surface area (Å²) < 4.78 is 10.8. The summed E-state index contributed by atoms with van der Waals surface area (Å²) in [5, 5.41) is 0. The van der Waals surface area contributed by atoms with E-state index in [1.807, 2.05) is 43.3 Å². The van der Waals surface area contributed by atoms with E-state index in [4.69, 9.17) is 15.2 Å². The van der Waals surface area contributed by atoms with Gasteiger partial charge in [-0.3, -0.25) is 0 Å². The quantitative estimate of drug-likeness (QED) is 0.858. The van der Waals surface area contributed by atoms with Crippen LogP contribution in [0.1, 0.15) is 22.3 Å². The molecule has 0 saturated carbocycles. The molecule has 0 aliphatic carbocycles. The molecule has 136 valence electrons. The minimum Gasteiger partial charge on any atom is -0.497 e. The van der Waals surface area contributed by atoms with E-state index in [2.05, 4.69) is 6.58 Å². The summed E-state index contributed by atoms with van der Waals surface area (Å²) in [5.41, 5.74) is 8.97. The summed E-state index contributed by atoms with van der Waals surface area (Å²) in [6.45, 7) is 6.60. The number of nitrogens with two attached hydrogens (primary N) is 1. The minimum absolute atomic E-state index is 0.478. The van der Waals surface area contributed by atoms with Crippen molar-refractivity contribution >= 4 is 6.03 Å². The predicted octanol–water partition coefficient (Wildman–Crippen LogP) is 3.38. The number of carbonyl (C=O) groups is 1. The zero-order valence-electron chi connectivity index (χ0n) is 15.4. The summed E-state index contributed by atoms with van der Waals surface area (Å²) in [6, 6.07) is 11.3. The Balaban J connectivity index is 2.34. The molecule has 1 heterocycles. The lowest BCUT2D eigenvalue weighted by Gasteiger charge is -2.47. The van der Waals surface area contributed by atoms with Gasteiger partial charge in [0.05, 0.1) is 14.2 Å². The molecular formula is C21H24N2O3. The molecule has 2 amide bonds. The smallest absolute Gasteiger partial charge is 0.316 e. The highest BCUT2D eigenvalue weighted by Crippen LogP contribution is 2.45. The number of amides is 2. The first-order chi connectivity index (χ1) is 12.5. The molecular weight excluding hydrogens is 328 g/mol. The van der Waals surface area contributed by atoms with Gasteiger partial charge in [-0.05, 0) is 59.9 Å². The number of methoxy groups -OCH3 is 2. The molecule has 0 spiro atoms. The number of aryl methyl sites for hydroxylation is 1. The molecule has 1 aliphatic rings. The van der Waals surface area contributed by atoms with Crippen LogP contribution in [0.4, 0.5) is 4.79 Å². The van der Waals surface area contributed by atoms with Crippen LogP contribution >= 0.6 is 0 Å². The highest BCUT2D eigenvalue weighted by atomic mass is 16.5. The zero-order valence-corrected chi connectivity index (χ0v) is 15.4. The summed E-state index contributed by atoms with van der Waals surface area (Å²) in [6.07, 6.45) is 2.52. The Hall–Kier alpha value is -2.95. The van der Waals surface area contributed by atoms with Crippen molar-refractivity contribution in [3.05, 3.63) is 71.3 Å². The van der Waals surface area contributed by atoms with Gasteiger partial charge in [0.1, 0.15) is 17.0 Å². The number of fused-ring (bicyclic) bond motifs is 1. The fourth-order valence-corrected chi connectivity index (χ4v) is 3.90. The average molecular weight is 352 g/mol. The monoisotopic (exact) mass is 352 g/mol. The molecule has 0 saturated heterocycles. The topological polar surface area (TPSA) is 64.8 Å². The Labute approximate surface area is 154 Å². The summed E-state index contributed by atoms with van der Waals surface area (Å²) >= 11 is 0. The number of rotatable bonds is 4. The standard InChI is InChI=1S/C21H24N2O3/c1-5-21(18-9-8-16(25-3)12-14(18)2)19-13-17(26-4)7-6-15(19)10-11-23(21)20(22)24/h5-9,12-13H,1,10-11H2,2-4H3,(H2,22,24). The van der Waals surface area contributed by atoms with Gasteiger partial charge in [-0.2, -0.15) is 0 Å². The van der Waals surface area contributed by atoms with Crippen molar-refractivity contribution in [2.75, 3.05) is 20.8 Å². The second-order valence-corrected chi connectivity index (χ2v) is 6.41. The van der Waals surface area contributed by atoms with E-state index in [0.717, 1.165) is 40.2 Å². The molecule has 1 atom stereocenters. The lowest BCUT2D eigenvalue weighted by molar-refractivity contribution is 0.161. The maximum Gasteiger partial charge on any atom is 0.316 e. The first kappa shape index (κ1) is 17.9. The van der Waals surface area contributed by atoms with Crippen molar-refractivity contribution in [1.29, 1.82) is 0 Å². The maximum atomic E-state index is 12.3. The zero-order chi connectivity index (χ0) is 18.9. The molecule has 2 N–H and O–H groups in total. The molecule has 2 aromatic rings. The van der Waals surface area contributed by atoms with E-state index in [1.54, 1.807) is 25.2 Å². The van der Waals surface area contributed by atoms with Crippen LogP contribution in [-0.2, 0) is 12.0 Å². The van der Waals surface area contributed by atoms with Gasteiger partial charge >= 0.3 is 6.03 Å². The van der Waals surface area contributed by atoms with Crippen LogP contribution in [0.2, 0.25) is 0 Å². The number of hydrogen-bond acceptors (Lipinski definition) is 3. The van der Waals surface area contributed by atoms with Crippen LogP contribution in [-0.4, -0.2) is 31.7 Å². The summed E-state index contributed by atoms with van der Waals surface area (Å²) in [4.78, 5) is 14.0. The summed E-state index contributed by atoms with van der Waals surface area (Å²) in [5.74, 6) is 1.49. The molecule has 1 unspecified atom stereocenters. The Kier molecular flexibility index (Phi) is 4.64. The molecule has 3 rings (SSSR count). The second-order valence-electron chi connectivity index (χ2n) is 6.41. The van der Waals surface area contributed by atoms with Gasteiger partial charge in [0.25, 0.3) is 0 Å². The first-order valence-electron chi connectivity index (χ1n) is 8.51. The molecule has 0 aromatic heterocycles. The van der Waals surface area contributed by atoms with E-state index in [0.29, 0.717) is 6.54 Å². The Morgan fingerprint density at radius 3 is 2.38 bits per heavy atom. The molecule has 5 nitrogen and oxygen atoms in total. The Bertz CT molecular complexity index is 862. The number of hydrogen-bond donors (Lipinski definition) is 1. The molecule has 0 radical (unpaired) electrons. The third-order valence-corrected chi connectivity index (χ3v) is 5.16. The van der Waals surface area contributed by atoms with E-state index in [9.17, 15) is 4.79 Å². The van der Waals surface area contributed by atoms with Crippen LogP contribution in [0.15, 0.2) is 49.1 Å². The summed E-state index contributed by atoms with van der Waals surface area (Å²) in [7, 11) is 3.26. The van der Waals surface area contributed by atoms with Crippen molar-refractivity contribution < 1.29 is 14.3 Å². The van der Waals surface area contributed by atoms with Crippen molar-refractivity contribution in [3.63, 3.8) is 0 Å². The lowest BCUT2D eigenvalue weighted by atomic mass is 9.74. The van der Waals surface area contributed by atoms with Crippen molar-refractivity contribution in [1.82, 2.24) is 4.90 Å². The normalized spacial score (nSPS) is 18.8. The van der Waals surface area contributed by atoms with Gasteiger partial charge in [0.2, 0.25) is 0 Å². The van der Waals surface area contributed by atoms with Crippen molar-refractivity contribution in [2.24, 2.45) is 5.73 Å². The van der Waals surface area contributed by atoms with Gasteiger partial charge < -0.3 is 20.1 Å². The fourth-order valence-electron chi connectivity index (χ4n) is 3.90. The van der Waals surface area contributed by atoms with E-state index < -0.39 is 11.6 Å². The number of carbonyl (C=O) groups excluding carboxylic acids is 1. The number of primary amides is 1. The second kappa shape index (κ2) is 6.75. The highest BCUT2D eigenvalue weighted by Gasteiger charge is 2.44. The third kappa shape index (κ3) is 2.60. The van der Waals surface area contributed by atoms with Crippen LogP contribution < -0.4 is 15.2 Å². The van der Waals surface area contributed by atoms with Gasteiger partial charge in [0.15, 0.2) is 0 Å². The lowest BCUT2D eigenvalue weighted by Crippen LogP contribution is -2.55. The first-order valence-corrected chi connectivity index (χ1v) is 8.51. The van der Waals surface area contributed by atoms with Gasteiger partial charge in [-0.1, -0.05) is 18.2 Å². The highest BCUT2D eigenvalue weighted by molar-refractivity contribution is 5.76.